The second-order valence-corrected chi connectivity index (χ2v) is 8.29. The number of hydrogen-bond acceptors (Lipinski definition) is 5. The third-order valence-electron chi connectivity index (χ3n) is 3.90. The minimum absolute atomic E-state index is 0.186. The van der Waals surface area contributed by atoms with Gasteiger partial charge >= 0.3 is 5.97 Å². The minimum Gasteiger partial charge on any atom is -0.459 e. The molecule has 3 rings (SSSR count). The average Bonchev–Trinajstić information content (AvgIpc) is 3.19. The van der Waals surface area contributed by atoms with Crippen molar-refractivity contribution in [1.29, 1.82) is 0 Å². The molecule has 1 N–H and O–H groups in total. The summed E-state index contributed by atoms with van der Waals surface area (Å²) in [6, 6.07) is 3.89. The van der Waals surface area contributed by atoms with Gasteiger partial charge in [0.1, 0.15) is 5.00 Å². The maximum Gasteiger partial charge on any atom is 0.341 e. The molecule has 0 atom stereocenters. The average molecular weight is 376 g/mol. The van der Waals surface area contributed by atoms with E-state index in [0.29, 0.717) is 10.6 Å². The van der Waals surface area contributed by atoms with Crippen LogP contribution in [0.15, 0.2) is 23.6 Å². The second kappa shape index (κ2) is 7.97. The first-order chi connectivity index (χ1) is 12.0. The number of hydrogen-bond donors (Lipinski definition) is 1. The van der Waals surface area contributed by atoms with Gasteiger partial charge in [-0.05, 0) is 62.6 Å². The van der Waals surface area contributed by atoms with E-state index in [0.717, 1.165) is 36.1 Å². The number of esters is 1. The lowest BCUT2D eigenvalue weighted by Gasteiger charge is -2.14. The number of aryl methyl sites for hydroxylation is 1. The van der Waals surface area contributed by atoms with Crippen LogP contribution in [0.4, 0.5) is 5.00 Å². The number of fused-ring (bicyclic) bond motifs is 1. The summed E-state index contributed by atoms with van der Waals surface area (Å²) >= 11 is 3.07. The van der Waals surface area contributed by atoms with Gasteiger partial charge in [-0.2, -0.15) is 0 Å². The van der Waals surface area contributed by atoms with Gasteiger partial charge in [0.15, 0.2) is 0 Å². The van der Waals surface area contributed by atoms with E-state index in [2.05, 4.69) is 5.32 Å². The second-order valence-electron chi connectivity index (χ2n) is 6.21. The molecule has 0 radical (unpaired) electrons. The van der Waals surface area contributed by atoms with E-state index in [1.165, 1.54) is 22.3 Å². The SMILES string of the molecule is CC(C)OC(=O)c1c(NC(=O)/C=C/c2cccs2)sc2c1CCCC2. The van der Waals surface area contributed by atoms with Gasteiger partial charge in [-0.3, -0.25) is 4.79 Å². The monoisotopic (exact) mass is 375 g/mol. The molecule has 0 aliphatic heterocycles. The van der Waals surface area contributed by atoms with Gasteiger partial charge in [0.05, 0.1) is 11.7 Å². The number of carbonyl (C=O) groups excluding carboxylic acids is 2. The molecule has 0 saturated carbocycles. The van der Waals surface area contributed by atoms with Crippen molar-refractivity contribution in [2.45, 2.75) is 45.6 Å². The van der Waals surface area contributed by atoms with Crippen molar-refractivity contribution in [1.82, 2.24) is 0 Å². The Labute approximate surface area is 155 Å². The number of nitrogens with one attached hydrogen (secondary N) is 1. The van der Waals surface area contributed by atoms with Crippen molar-refractivity contribution in [3.8, 4) is 0 Å². The Morgan fingerprint density at radius 1 is 1.28 bits per heavy atom. The normalized spacial score (nSPS) is 13.9. The van der Waals surface area contributed by atoms with Gasteiger partial charge in [0, 0.05) is 15.8 Å². The summed E-state index contributed by atoms with van der Waals surface area (Å²) in [5, 5.41) is 5.45. The quantitative estimate of drug-likeness (QED) is 0.597. The number of thiophene rings is 2. The summed E-state index contributed by atoms with van der Waals surface area (Å²) in [5.74, 6) is -0.572. The maximum absolute atomic E-state index is 12.6. The fraction of sp³-hybridized carbons (Fsp3) is 0.368. The number of rotatable bonds is 5. The smallest absolute Gasteiger partial charge is 0.341 e. The van der Waals surface area contributed by atoms with Crippen LogP contribution in [0.2, 0.25) is 0 Å². The molecule has 25 heavy (non-hydrogen) atoms. The van der Waals surface area contributed by atoms with E-state index in [-0.39, 0.29) is 18.0 Å². The lowest BCUT2D eigenvalue weighted by molar-refractivity contribution is -0.111. The van der Waals surface area contributed by atoms with Crippen LogP contribution < -0.4 is 5.32 Å². The summed E-state index contributed by atoms with van der Waals surface area (Å²) < 4.78 is 5.40. The van der Waals surface area contributed by atoms with Gasteiger partial charge in [-0.25, -0.2) is 4.79 Å². The molecule has 0 bridgehead atoms. The number of carbonyl (C=O) groups is 2. The van der Waals surface area contributed by atoms with Gasteiger partial charge in [0.2, 0.25) is 5.91 Å². The Kier molecular flexibility index (Phi) is 5.71. The largest absolute Gasteiger partial charge is 0.459 e. The van der Waals surface area contributed by atoms with Crippen LogP contribution in [0, 0.1) is 0 Å². The molecule has 1 amide bonds. The van der Waals surface area contributed by atoms with E-state index >= 15 is 0 Å². The van der Waals surface area contributed by atoms with Gasteiger partial charge in [-0.1, -0.05) is 6.07 Å². The van der Waals surface area contributed by atoms with Crippen molar-refractivity contribution in [3.05, 3.63) is 44.5 Å². The standard InChI is InChI=1S/C19H21NO3S2/c1-12(2)23-19(22)17-14-7-3-4-8-15(14)25-18(17)20-16(21)10-9-13-6-5-11-24-13/h5-6,9-12H,3-4,7-8H2,1-2H3,(H,20,21)/b10-9+. The fourth-order valence-electron chi connectivity index (χ4n) is 2.84. The number of amides is 1. The molecule has 6 heteroatoms. The van der Waals surface area contributed by atoms with Crippen LogP contribution >= 0.6 is 22.7 Å². The molecule has 132 valence electrons. The molecule has 0 unspecified atom stereocenters. The Bertz CT molecular complexity index is 788. The Hall–Kier alpha value is -1.92. The van der Waals surface area contributed by atoms with Crippen LogP contribution in [0.1, 0.15) is 52.4 Å². The first-order valence-electron chi connectivity index (χ1n) is 8.42. The summed E-state index contributed by atoms with van der Waals surface area (Å²) in [6.45, 7) is 3.66. The van der Waals surface area contributed by atoms with Crippen LogP contribution in [-0.2, 0) is 22.4 Å². The molecule has 2 aromatic heterocycles. The Balaban J connectivity index is 1.83. The van der Waals surface area contributed by atoms with E-state index in [4.69, 9.17) is 4.74 Å². The summed E-state index contributed by atoms with van der Waals surface area (Å²) in [5.41, 5.74) is 1.60. The first kappa shape index (κ1) is 17.9. The van der Waals surface area contributed by atoms with Gasteiger partial charge < -0.3 is 10.1 Å². The zero-order valence-electron chi connectivity index (χ0n) is 14.3. The zero-order valence-corrected chi connectivity index (χ0v) is 16.0. The zero-order chi connectivity index (χ0) is 17.8. The minimum atomic E-state index is -0.341. The maximum atomic E-state index is 12.6. The topological polar surface area (TPSA) is 55.4 Å². The van der Waals surface area contributed by atoms with Crippen molar-refractivity contribution in [2.75, 3.05) is 5.32 Å². The van der Waals surface area contributed by atoms with Crippen molar-refractivity contribution in [2.24, 2.45) is 0 Å². The van der Waals surface area contributed by atoms with Crippen molar-refractivity contribution >= 4 is 45.6 Å². The van der Waals surface area contributed by atoms with Crippen LogP contribution in [0.5, 0.6) is 0 Å². The summed E-state index contributed by atoms with van der Waals surface area (Å²) in [4.78, 5) is 27.0. The van der Waals surface area contributed by atoms with E-state index in [1.807, 2.05) is 31.4 Å². The van der Waals surface area contributed by atoms with Crippen LogP contribution in [0.3, 0.4) is 0 Å². The predicted molar refractivity (Wildman–Crippen MR) is 103 cm³/mol. The molecule has 0 fully saturated rings. The highest BCUT2D eigenvalue weighted by atomic mass is 32.1. The van der Waals surface area contributed by atoms with Crippen molar-refractivity contribution < 1.29 is 14.3 Å². The molecular formula is C19H21NO3S2. The molecule has 2 aromatic rings. The third-order valence-corrected chi connectivity index (χ3v) is 5.94. The van der Waals surface area contributed by atoms with E-state index in [9.17, 15) is 9.59 Å². The summed E-state index contributed by atoms with van der Waals surface area (Å²) in [6.07, 6.45) is 7.11. The molecule has 0 spiro atoms. The summed E-state index contributed by atoms with van der Waals surface area (Å²) in [7, 11) is 0. The van der Waals surface area contributed by atoms with E-state index < -0.39 is 0 Å². The highest BCUT2D eigenvalue weighted by Gasteiger charge is 2.27. The third kappa shape index (κ3) is 4.38. The van der Waals surface area contributed by atoms with Gasteiger partial charge in [0.25, 0.3) is 0 Å². The van der Waals surface area contributed by atoms with Crippen molar-refractivity contribution in [3.63, 3.8) is 0 Å². The molecule has 0 saturated heterocycles. The molecule has 0 aromatic carbocycles. The Morgan fingerprint density at radius 3 is 2.80 bits per heavy atom. The lowest BCUT2D eigenvalue weighted by Crippen LogP contribution is -2.17. The fourth-order valence-corrected chi connectivity index (χ4v) is 4.74. The molecule has 2 heterocycles. The molecular weight excluding hydrogens is 354 g/mol. The highest BCUT2D eigenvalue weighted by molar-refractivity contribution is 7.17. The van der Waals surface area contributed by atoms with E-state index in [1.54, 1.807) is 17.4 Å². The number of ether oxygens (including phenoxy) is 1. The number of anilines is 1. The van der Waals surface area contributed by atoms with Crippen LogP contribution in [-0.4, -0.2) is 18.0 Å². The molecule has 1 aliphatic carbocycles. The molecule has 4 nitrogen and oxygen atoms in total. The first-order valence-corrected chi connectivity index (χ1v) is 10.1. The highest BCUT2D eigenvalue weighted by Crippen LogP contribution is 2.38. The van der Waals surface area contributed by atoms with Crippen LogP contribution in [0.25, 0.3) is 6.08 Å². The molecule has 1 aliphatic rings. The lowest BCUT2D eigenvalue weighted by atomic mass is 9.95. The van der Waals surface area contributed by atoms with Gasteiger partial charge in [-0.15, -0.1) is 22.7 Å². The Morgan fingerprint density at radius 2 is 2.08 bits per heavy atom. The predicted octanol–water partition coefficient (Wildman–Crippen LogP) is 4.91.